The summed E-state index contributed by atoms with van der Waals surface area (Å²) in [5.74, 6) is 0. The number of nitrogens with one attached hydrogen (secondary N) is 1. The average Bonchev–Trinajstić information content (AvgIpc) is 2.01. The van der Waals surface area contributed by atoms with E-state index in [4.69, 9.17) is 0 Å². The molecule has 2 heteroatoms. The van der Waals surface area contributed by atoms with Gasteiger partial charge in [-0.15, -0.1) is 0 Å². The lowest BCUT2D eigenvalue weighted by Crippen LogP contribution is -2.56. The van der Waals surface area contributed by atoms with Crippen molar-refractivity contribution in [2.75, 3.05) is 13.1 Å². The van der Waals surface area contributed by atoms with E-state index in [0.29, 0.717) is 13.1 Å². The van der Waals surface area contributed by atoms with Crippen molar-refractivity contribution in [3.05, 3.63) is 0 Å². The summed E-state index contributed by atoms with van der Waals surface area (Å²) in [7, 11) is 0. The lowest BCUT2D eigenvalue weighted by molar-refractivity contribution is 0.0772. The van der Waals surface area contributed by atoms with Crippen molar-refractivity contribution >= 4 is 0 Å². The first kappa shape index (κ1) is 9.97. The van der Waals surface area contributed by atoms with Gasteiger partial charge < -0.3 is 5.32 Å². The highest BCUT2D eigenvalue weighted by Gasteiger charge is 2.35. The van der Waals surface area contributed by atoms with Crippen LogP contribution in [0.4, 0.5) is 4.39 Å². The largest absolute Gasteiger partial charge is 0.310 e. The molecule has 1 saturated heterocycles. The van der Waals surface area contributed by atoms with Gasteiger partial charge in [-0.1, -0.05) is 39.0 Å². The molecule has 0 amide bonds. The Morgan fingerprint density at radius 3 is 2.33 bits per heavy atom. The molecule has 1 aliphatic rings. The van der Waals surface area contributed by atoms with Crippen LogP contribution in [0.3, 0.4) is 0 Å². The van der Waals surface area contributed by atoms with Gasteiger partial charge in [-0.05, 0) is 6.42 Å². The van der Waals surface area contributed by atoms with Crippen molar-refractivity contribution in [3.8, 4) is 0 Å². The fourth-order valence-corrected chi connectivity index (χ4v) is 1.62. The van der Waals surface area contributed by atoms with E-state index in [1.54, 1.807) is 0 Å². The van der Waals surface area contributed by atoms with Crippen LogP contribution < -0.4 is 5.32 Å². The molecule has 1 aliphatic heterocycles. The molecular weight excluding hydrogens is 153 g/mol. The molecule has 1 heterocycles. The minimum atomic E-state index is -0.841. The number of alkyl halides is 1. The van der Waals surface area contributed by atoms with Gasteiger partial charge in [-0.25, -0.2) is 4.39 Å². The van der Waals surface area contributed by atoms with Gasteiger partial charge in [-0.3, -0.25) is 0 Å². The molecule has 1 N–H and O–H groups in total. The number of rotatable bonds is 6. The average molecular weight is 173 g/mol. The number of hydrogen-bond acceptors (Lipinski definition) is 1. The minimum absolute atomic E-state index is 0.584. The number of unbranched alkanes of at least 4 members (excludes halogenated alkanes) is 4. The first-order valence-electron chi connectivity index (χ1n) is 5.16. The van der Waals surface area contributed by atoms with E-state index in [-0.39, 0.29) is 0 Å². The van der Waals surface area contributed by atoms with E-state index in [0.717, 1.165) is 12.8 Å². The molecule has 0 bridgehead atoms. The van der Waals surface area contributed by atoms with Gasteiger partial charge in [0, 0.05) is 13.1 Å². The smallest absolute Gasteiger partial charge is 0.135 e. The molecule has 0 aromatic carbocycles. The van der Waals surface area contributed by atoms with Crippen molar-refractivity contribution in [3.63, 3.8) is 0 Å². The first-order chi connectivity index (χ1) is 5.77. The molecule has 0 saturated carbocycles. The fraction of sp³-hybridized carbons (Fsp3) is 1.00. The zero-order chi connectivity index (χ0) is 8.86. The Hall–Kier alpha value is -0.110. The molecule has 0 aromatic heterocycles. The molecule has 0 atom stereocenters. The number of hydrogen-bond donors (Lipinski definition) is 1. The van der Waals surface area contributed by atoms with E-state index in [2.05, 4.69) is 12.2 Å². The van der Waals surface area contributed by atoms with Crippen molar-refractivity contribution in [1.82, 2.24) is 5.32 Å². The summed E-state index contributed by atoms with van der Waals surface area (Å²) in [6, 6.07) is 0. The molecule has 0 aliphatic carbocycles. The Kier molecular flexibility index (Phi) is 3.99. The van der Waals surface area contributed by atoms with Crippen molar-refractivity contribution in [2.24, 2.45) is 0 Å². The van der Waals surface area contributed by atoms with Gasteiger partial charge in [0.15, 0.2) is 0 Å². The topological polar surface area (TPSA) is 12.0 Å². The summed E-state index contributed by atoms with van der Waals surface area (Å²) in [6.07, 6.45) is 6.89. The van der Waals surface area contributed by atoms with Crippen LogP contribution in [0.1, 0.15) is 45.4 Å². The van der Waals surface area contributed by atoms with E-state index in [1.165, 1.54) is 25.7 Å². The van der Waals surface area contributed by atoms with Gasteiger partial charge in [0.1, 0.15) is 5.67 Å². The zero-order valence-corrected chi connectivity index (χ0v) is 8.03. The standard InChI is InChI=1S/C10H20FN/c1-2-3-4-5-6-7-10(11)8-12-9-10/h12H,2-9H2,1H3. The molecule has 0 unspecified atom stereocenters. The highest BCUT2D eigenvalue weighted by Crippen LogP contribution is 2.24. The molecule has 1 rings (SSSR count). The summed E-state index contributed by atoms with van der Waals surface area (Å²) in [5.41, 5.74) is -0.841. The first-order valence-corrected chi connectivity index (χ1v) is 5.16. The van der Waals surface area contributed by atoms with Crippen molar-refractivity contribution in [1.29, 1.82) is 0 Å². The van der Waals surface area contributed by atoms with Crippen LogP contribution in [-0.2, 0) is 0 Å². The highest BCUT2D eigenvalue weighted by molar-refractivity contribution is 4.92. The number of halogens is 1. The second kappa shape index (κ2) is 4.80. The Balaban J connectivity index is 1.88. The van der Waals surface area contributed by atoms with Crippen LogP contribution in [-0.4, -0.2) is 18.8 Å². The molecular formula is C10H20FN. The van der Waals surface area contributed by atoms with Crippen LogP contribution in [0.25, 0.3) is 0 Å². The highest BCUT2D eigenvalue weighted by atomic mass is 19.1. The van der Waals surface area contributed by atoms with Gasteiger partial charge in [0.05, 0.1) is 0 Å². The Labute approximate surface area is 74.7 Å². The minimum Gasteiger partial charge on any atom is -0.310 e. The second-order valence-electron chi connectivity index (χ2n) is 3.92. The third-order valence-corrected chi connectivity index (χ3v) is 2.61. The predicted octanol–water partition coefficient (Wildman–Crippen LogP) is 2.66. The van der Waals surface area contributed by atoms with Gasteiger partial charge in [0.25, 0.3) is 0 Å². The molecule has 0 aromatic rings. The van der Waals surface area contributed by atoms with Gasteiger partial charge in [-0.2, -0.15) is 0 Å². The fourth-order valence-electron chi connectivity index (χ4n) is 1.62. The monoisotopic (exact) mass is 173 g/mol. The van der Waals surface area contributed by atoms with E-state index in [9.17, 15) is 4.39 Å². The van der Waals surface area contributed by atoms with E-state index in [1.807, 2.05) is 0 Å². The summed E-state index contributed by atoms with van der Waals surface area (Å²) in [4.78, 5) is 0. The molecule has 0 spiro atoms. The quantitative estimate of drug-likeness (QED) is 0.609. The predicted molar refractivity (Wildman–Crippen MR) is 50.1 cm³/mol. The van der Waals surface area contributed by atoms with Crippen LogP contribution in [0, 0.1) is 0 Å². The zero-order valence-electron chi connectivity index (χ0n) is 8.03. The third-order valence-electron chi connectivity index (χ3n) is 2.61. The normalized spacial score (nSPS) is 20.5. The van der Waals surface area contributed by atoms with Gasteiger partial charge in [0.2, 0.25) is 0 Å². The maximum absolute atomic E-state index is 13.4. The van der Waals surface area contributed by atoms with Crippen molar-refractivity contribution in [2.45, 2.75) is 51.1 Å². The van der Waals surface area contributed by atoms with Crippen molar-refractivity contribution < 1.29 is 4.39 Å². The Morgan fingerprint density at radius 2 is 1.83 bits per heavy atom. The Bertz CT molecular complexity index is 121. The summed E-state index contributed by atoms with van der Waals surface area (Å²) in [5, 5.41) is 2.98. The van der Waals surface area contributed by atoms with Crippen LogP contribution in [0.2, 0.25) is 0 Å². The lowest BCUT2D eigenvalue weighted by atomic mass is 9.92. The Morgan fingerprint density at radius 1 is 1.17 bits per heavy atom. The molecule has 0 radical (unpaired) electrons. The maximum Gasteiger partial charge on any atom is 0.135 e. The molecule has 12 heavy (non-hydrogen) atoms. The molecule has 1 nitrogen and oxygen atoms in total. The summed E-state index contributed by atoms with van der Waals surface area (Å²) >= 11 is 0. The SMILES string of the molecule is CCCCCCCC1(F)CNC1. The second-order valence-corrected chi connectivity index (χ2v) is 3.92. The molecule has 72 valence electrons. The van der Waals surface area contributed by atoms with E-state index >= 15 is 0 Å². The van der Waals surface area contributed by atoms with Crippen LogP contribution >= 0.6 is 0 Å². The van der Waals surface area contributed by atoms with Crippen LogP contribution in [0.15, 0.2) is 0 Å². The lowest BCUT2D eigenvalue weighted by Gasteiger charge is -2.34. The van der Waals surface area contributed by atoms with E-state index < -0.39 is 5.67 Å². The summed E-state index contributed by atoms with van der Waals surface area (Å²) < 4.78 is 13.4. The molecule has 1 fully saturated rings. The maximum atomic E-state index is 13.4. The summed E-state index contributed by atoms with van der Waals surface area (Å²) in [6.45, 7) is 3.37. The van der Waals surface area contributed by atoms with Gasteiger partial charge >= 0.3 is 0 Å². The van der Waals surface area contributed by atoms with Crippen LogP contribution in [0.5, 0.6) is 0 Å². The third kappa shape index (κ3) is 3.10.